The number of alkyl halides is 1. The molecule has 2 rings (SSSR count). The molecule has 2 N–H and O–H groups in total. The lowest BCUT2D eigenvalue weighted by Crippen LogP contribution is -2.40. The van der Waals surface area contributed by atoms with Crippen molar-refractivity contribution in [3.05, 3.63) is 24.3 Å². The van der Waals surface area contributed by atoms with Gasteiger partial charge in [0.25, 0.3) is 0 Å². The second kappa shape index (κ2) is 12.6. The average Bonchev–Trinajstić information content (AvgIpc) is 2.96. The maximum atomic E-state index is 12.4. The number of carbonyl (C=O) groups excluding carboxylic acids is 2. The maximum Gasteiger partial charge on any atom is 0.330 e. The molecule has 0 saturated heterocycles. The Balaban J connectivity index is 1.86. The summed E-state index contributed by atoms with van der Waals surface area (Å²) in [6, 6.07) is 0. The number of methoxy groups -OCH3 is 1. The summed E-state index contributed by atoms with van der Waals surface area (Å²) >= 11 is 5.79. The Kier molecular flexibility index (Phi) is 10.6. The zero-order valence-corrected chi connectivity index (χ0v) is 18.9. The molecule has 0 aromatic carbocycles. The number of carbonyl (C=O) groups is 2. The van der Waals surface area contributed by atoms with Crippen LogP contribution in [0.3, 0.4) is 0 Å². The number of Topliss-reactive ketones (excluding diaryl/α,β-unsaturated/α-hetero) is 1. The monoisotopic (exact) mass is 440 g/mol. The highest BCUT2D eigenvalue weighted by Gasteiger charge is 2.43. The number of rotatable bonds is 13. The quantitative estimate of drug-likeness (QED) is 0.146. The van der Waals surface area contributed by atoms with Crippen LogP contribution in [0.5, 0.6) is 0 Å². The van der Waals surface area contributed by atoms with E-state index in [0.717, 1.165) is 57.8 Å². The van der Waals surface area contributed by atoms with Crippen LogP contribution < -0.4 is 0 Å². The highest BCUT2D eigenvalue weighted by molar-refractivity contribution is 6.17. The van der Waals surface area contributed by atoms with E-state index in [-0.39, 0.29) is 35.4 Å². The number of unbranched alkanes of at least 4 members (excludes halogenated alkanes) is 3. The number of esters is 1. The maximum absolute atomic E-state index is 12.4. The van der Waals surface area contributed by atoms with Crippen molar-refractivity contribution in [3.63, 3.8) is 0 Å². The summed E-state index contributed by atoms with van der Waals surface area (Å²) in [4.78, 5) is 23.4. The van der Waals surface area contributed by atoms with E-state index in [1.807, 2.05) is 12.2 Å². The zero-order chi connectivity index (χ0) is 22.0. The number of ketones is 1. The molecule has 0 bridgehead atoms. The largest absolute Gasteiger partial charge is 0.466 e. The smallest absolute Gasteiger partial charge is 0.330 e. The van der Waals surface area contributed by atoms with Gasteiger partial charge < -0.3 is 14.9 Å². The van der Waals surface area contributed by atoms with E-state index in [0.29, 0.717) is 12.3 Å². The van der Waals surface area contributed by atoms with Crippen LogP contribution in [0.25, 0.3) is 0 Å². The third-order valence-electron chi connectivity index (χ3n) is 6.87. The minimum atomic E-state index is -0.668. The summed E-state index contributed by atoms with van der Waals surface area (Å²) in [6.45, 7) is 0. The first-order chi connectivity index (χ1) is 14.4. The van der Waals surface area contributed by atoms with Crippen molar-refractivity contribution < 1.29 is 24.5 Å². The van der Waals surface area contributed by atoms with Crippen molar-refractivity contribution in [2.75, 3.05) is 13.0 Å². The Morgan fingerprint density at radius 1 is 1.30 bits per heavy atom. The molecule has 0 aromatic rings. The third-order valence-corrected chi connectivity index (χ3v) is 7.14. The van der Waals surface area contributed by atoms with Gasteiger partial charge in [-0.15, -0.1) is 11.6 Å². The minimum absolute atomic E-state index is 0.0579. The summed E-state index contributed by atoms with van der Waals surface area (Å²) in [5, 5.41) is 21.2. The molecular formula is C24H37ClO5. The van der Waals surface area contributed by atoms with Crippen LogP contribution >= 0.6 is 11.6 Å². The molecule has 0 unspecified atom stereocenters. The number of aliphatic hydroxyl groups excluding tert-OH is 2. The number of halogens is 1. The SMILES string of the molecule is COC(=O)/C=C/CCCC[C@H]1C(=O)C[C@@H](O)[C@@H]1/C=C/[C@@H](O)C1(CCCCCl)CCC1. The molecule has 4 atom stereocenters. The van der Waals surface area contributed by atoms with Gasteiger partial charge >= 0.3 is 5.97 Å². The van der Waals surface area contributed by atoms with Gasteiger partial charge in [-0.1, -0.05) is 37.5 Å². The molecule has 2 aliphatic rings. The van der Waals surface area contributed by atoms with Gasteiger partial charge in [-0.2, -0.15) is 0 Å². The highest BCUT2D eigenvalue weighted by atomic mass is 35.5. The Morgan fingerprint density at radius 3 is 2.70 bits per heavy atom. The lowest BCUT2D eigenvalue weighted by atomic mass is 9.62. The zero-order valence-electron chi connectivity index (χ0n) is 18.1. The fourth-order valence-corrected chi connectivity index (χ4v) is 4.99. The standard InChI is InChI=1S/C24H37ClO5/c1-30-23(29)10-5-3-2-4-9-18-19(21(27)17-20(18)26)11-12-22(28)24(14-8-15-24)13-6-7-16-25/h5,10-12,18-19,21-22,27-28H,2-4,6-9,13-17H2,1H3/b10-5+,12-11+/t18-,19-,21-,22-/m1/s1. The fourth-order valence-electron chi connectivity index (χ4n) is 4.80. The molecule has 2 aliphatic carbocycles. The highest BCUT2D eigenvalue weighted by Crippen LogP contribution is 2.48. The van der Waals surface area contributed by atoms with E-state index >= 15 is 0 Å². The summed E-state index contributed by atoms with van der Waals surface area (Å²) in [7, 11) is 1.35. The summed E-state index contributed by atoms with van der Waals surface area (Å²) in [5.74, 6) is -0.0187. The molecule has 0 heterocycles. The Morgan fingerprint density at radius 2 is 2.07 bits per heavy atom. The second-order valence-electron chi connectivity index (χ2n) is 8.82. The number of ether oxygens (including phenoxy) is 1. The van der Waals surface area contributed by atoms with E-state index in [4.69, 9.17) is 11.6 Å². The molecule has 0 radical (unpaired) electrons. The van der Waals surface area contributed by atoms with Crippen LogP contribution in [0.15, 0.2) is 24.3 Å². The third kappa shape index (κ3) is 6.93. The van der Waals surface area contributed by atoms with Gasteiger partial charge in [0.2, 0.25) is 0 Å². The van der Waals surface area contributed by atoms with E-state index in [1.165, 1.54) is 13.2 Å². The Hall–Kier alpha value is -1.17. The molecule has 0 aromatic heterocycles. The molecule has 170 valence electrons. The van der Waals surface area contributed by atoms with Gasteiger partial charge in [0.1, 0.15) is 5.78 Å². The summed E-state index contributed by atoms with van der Waals surface area (Å²) in [5.41, 5.74) is -0.0579. The number of allylic oxidation sites excluding steroid dienone is 1. The predicted molar refractivity (Wildman–Crippen MR) is 118 cm³/mol. The number of aliphatic hydroxyl groups is 2. The molecule has 5 nitrogen and oxygen atoms in total. The van der Waals surface area contributed by atoms with E-state index in [9.17, 15) is 19.8 Å². The average molecular weight is 441 g/mol. The molecule has 0 amide bonds. The van der Waals surface area contributed by atoms with Gasteiger partial charge in [-0.05, 0) is 50.4 Å². The molecule has 2 fully saturated rings. The van der Waals surface area contributed by atoms with E-state index in [1.54, 1.807) is 6.08 Å². The first kappa shape index (κ1) is 25.1. The van der Waals surface area contributed by atoms with Crippen molar-refractivity contribution in [2.24, 2.45) is 17.3 Å². The van der Waals surface area contributed by atoms with Crippen molar-refractivity contribution in [1.29, 1.82) is 0 Å². The van der Waals surface area contributed by atoms with Gasteiger partial charge in [-0.25, -0.2) is 4.79 Å². The summed E-state index contributed by atoms with van der Waals surface area (Å²) in [6.07, 6.45) is 15.3. The van der Waals surface area contributed by atoms with Crippen molar-refractivity contribution in [1.82, 2.24) is 0 Å². The van der Waals surface area contributed by atoms with E-state index < -0.39 is 12.2 Å². The van der Waals surface area contributed by atoms with E-state index in [2.05, 4.69) is 4.74 Å². The normalized spacial score (nSPS) is 26.9. The Bertz CT molecular complexity index is 611. The molecule has 6 heteroatoms. The van der Waals surface area contributed by atoms with Crippen LogP contribution in [-0.4, -0.2) is 47.2 Å². The fraction of sp³-hybridized carbons (Fsp3) is 0.750. The topological polar surface area (TPSA) is 83.8 Å². The molecule has 0 spiro atoms. The number of hydrogen-bond acceptors (Lipinski definition) is 5. The lowest BCUT2D eigenvalue weighted by Gasteiger charge is -2.45. The van der Waals surface area contributed by atoms with Crippen LogP contribution in [0.2, 0.25) is 0 Å². The first-order valence-corrected chi connectivity index (χ1v) is 11.8. The van der Waals surface area contributed by atoms with Gasteiger partial charge in [0.15, 0.2) is 0 Å². The number of hydrogen-bond donors (Lipinski definition) is 2. The van der Waals surface area contributed by atoms with Crippen LogP contribution in [0.4, 0.5) is 0 Å². The van der Waals surface area contributed by atoms with Gasteiger partial charge in [-0.3, -0.25) is 4.79 Å². The molecule has 30 heavy (non-hydrogen) atoms. The van der Waals surface area contributed by atoms with Crippen molar-refractivity contribution in [2.45, 2.75) is 82.8 Å². The summed E-state index contributed by atoms with van der Waals surface area (Å²) < 4.78 is 4.56. The predicted octanol–water partition coefficient (Wildman–Crippen LogP) is 4.34. The van der Waals surface area contributed by atoms with Gasteiger partial charge in [0, 0.05) is 30.2 Å². The lowest BCUT2D eigenvalue weighted by molar-refractivity contribution is -0.134. The molecule has 2 saturated carbocycles. The second-order valence-corrected chi connectivity index (χ2v) is 9.20. The van der Waals surface area contributed by atoms with Crippen LogP contribution in [0, 0.1) is 17.3 Å². The molecule has 0 aliphatic heterocycles. The first-order valence-electron chi connectivity index (χ1n) is 11.3. The molecular weight excluding hydrogens is 404 g/mol. The van der Waals surface area contributed by atoms with Crippen LogP contribution in [-0.2, 0) is 14.3 Å². The van der Waals surface area contributed by atoms with Crippen molar-refractivity contribution >= 4 is 23.4 Å². The Labute approximate surface area is 185 Å². The minimum Gasteiger partial charge on any atom is -0.466 e. The van der Waals surface area contributed by atoms with Gasteiger partial charge in [0.05, 0.1) is 19.3 Å². The van der Waals surface area contributed by atoms with Crippen molar-refractivity contribution in [3.8, 4) is 0 Å². The van der Waals surface area contributed by atoms with Crippen LogP contribution in [0.1, 0.15) is 70.6 Å².